The van der Waals surface area contributed by atoms with Gasteiger partial charge in [0.1, 0.15) is 17.4 Å². The number of benzene rings is 1. The van der Waals surface area contributed by atoms with Crippen LogP contribution in [0.1, 0.15) is 18.8 Å². The maximum Gasteiger partial charge on any atom is 0.131 e. The highest BCUT2D eigenvalue weighted by Gasteiger charge is 2.14. The van der Waals surface area contributed by atoms with Crippen LogP contribution >= 0.6 is 27.5 Å². The molecule has 0 saturated heterocycles. The van der Waals surface area contributed by atoms with E-state index in [1.165, 1.54) is 0 Å². The summed E-state index contributed by atoms with van der Waals surface area (Å²) >= 11 is 9.49. The Kier molecular flexibility index (Phi) is 2.87. The minimum atomic E-state index is 0.0538. The number of hydrogen-bond donors (Lipinski definition) is 1. The molecule has 3 rings (SSSR count). The minimum absolute atomic E-state index is 0.0538. The number of imidazole rings is 1. The van der Waals surface area contributed by atoms with Crippen molar-refractivity contribution in [2.24, 2.45) is 0 Å². The van der Waals surface area contributed by atoms with E-state index >= 15 is 0 Å². The van der Waals surface area contributed by atoms with Crippen LogP contribution in [0, 0.1) is 0 Å². The van der Waals surface area contributed by atoms with E-state index in [2.05, 4.69) is 31.0 Å². The van der Waals surface area contributed by atoms with E-state index < -0.39 is 0 Å². The van der Waals surface area contributed by atoms with Crippen LogP contribution in [-0.2, 0) is 0 Å². The summed E-state index contributed by atoms with van der Waals surface area (Å²) in [5.41, 5.74) is 1.80. The van der Waals surface area contributed by atoms with Gasteiger partial charge in [0.15, 0.2) is 0 Å². The molecule has 2 heterocycles. The summed E-state index contributed by atoms with van der Waals surface area (Å²) < 4.78 is 2.74. The SMILES string of the molecule is CC(c1nc2c(Br)cc(Cl)cc2[nH]1)n1cccn1. The maximum absolute atomic E-state index is 6.02. The first kappa shape index (κ1) is 11.7. The Morgan fingerprint density at radius 1 is 1.44 bits per heavy atom. The standard InChI is InChI=1S/C12H10BrClN4/c1-7(18-4-2-3-15-18)12-16-10-6-8(14)5-9(13)11(10)17-12/h2-7H,1H3,(H,16,17). The first-order chi connectivity index (χ1) is 8.65. The zero-order valence-corrected chi connectivity index (χ0v) is 11.9. The van der Waals surface area contributed by atoms with E-state index in [0.29, 0.717) is 5.02 Å². The summed E-state index contributed by atoms with van der Waals surface area (Å²) in [5.74, 6) is 0.858. The lowest BCUT2D eigenvalue weighted by atomic mass is 10.3. The molecule has 0 fully saturated rings. The largest absolute Gasteiger partial charge is 0.340 e. The molecule has 1 aromatic carbocycles. The van der Waals surface area contributed by atoms with Gasteiger partial charge < -0.3 is 4.98 Å². The molecule has 0 radical (unpaired) electrons. The number of aromatic nitrogens is 4. The molecule has 0 amide bonds. The van der Waals surface area contributed by atoms with Gasteiger partial charge in [-0.1, -0.05) is 11.6 Å². The third kappa shape index (κ3) is 1.93. The summed E-state index contributed by atoms with van der Waals surface area (Å²) in [5, 5.41) is 4.90. The summed E-state index contributed by atoms with van der Waals surface area (Å²) in [4.78, 5) is 7.87. The van der Waals surface area contributed by atoms with Crippen LogP contribution < -0.4 is 0 Å². The van der Waals surface area contributed by atoms with Crippen LogP contribution in [-0.4, -0.2) is 19.7 Å². The van der Waals surface area contributed by atoms with Gasteiger partial charge in [0.05, 0.1) is 5.52 Å². The van der Waals surface area contributed by atoms with Gasteiger partial charge in [-0.05, 0) is 41.1 Å². The average molecular weight is 326 g/mol. The molecule has 4 nitrogen and oxygen atoms in total. The van der Waals surface area contributed by atoms with Crippen molar-refractivity contribution in [3.05, 3.63) is 45.9 Å². The number of halogens is 2. The fourth-order valence-electron chi connectivity index (χ4n) is 1.89. The molecule has 92 valence electrons. The third-order valence-electron chi connectivity index (χ3n) is 2.84. The maximum atomic E-state index is 6.02. The summed E-state index contributed by atoms with van der Waals surface area (Å²) in [6.45, 7) is 2.04. The second-order valence-corrected chi connectivity index (χ2v) is 5.36. The lowest BCUT2D eigenvalue weighted by Gasteiger charge is -2.08. The van der Waals surface area contributed by atoms with Crippen molar-refractivity contribution in [2.75, 3.05) is 0 Å². The zero-order chi connectivity index (χ0) is 12.7. The van der Waals surface area contributed by atoms with Crippen molar-refractivity contribution in [3.8, 4) is 0 Å². The number of rotatable bonds is 2. The number of fused-ring (bicyclic) bond motifs is 1. The predicted molar refractivity (Wildman–Crippen MR) is 74.8 cm³/mol. The van der Waals surface area contributed by atoms with Gasteiger partial charge in [0.2, 0.25) is 0 Å². The highest BCUT2D eigenvalue weighted by Crippen LogP contribution is 2.28. The fraction of sp³-hybridized carbons (Fsp3) is 0.167. The van der Waals surface area contributed by atoms with E-state index in [1.54, 1.807) is 6.20 Å². The van der Waals surface area contributed by atoms with Crippen molar-refractivity contribution in [1.82, 2.24) is 19.7 Å². The number of aromatic amines is 1. The van der Waals surface area contributed by atoms with Gasteiger partial charge in [-0.2, -0.15) is 5.10 Å². The Hall–Kier alpha value is -1.33. The van der Waals surface area contributed by atoms with E-state index in [1.807, 2.05) is 36.0 Å². The van der Waals surface area contributed by atoms with Crippen molar-refractivity contribution in [2.45, 2.75) is 13.0 Å². The van der Waals surface area contributed by atoms with Crippen LogP contribution in [0.2, 0.25) is 5.02 Å². The number of nitrogens with one attached hydrogen (secondary N) is 1. The average Bonchev–Trinajstić information content (AvgIpc) is 2.96. The lowest BCUT2D eigenvalue weighted by Crippen LogP contribution is -2.08. The minimum Gasteiger partial charge on any atom is -0.340 e. The highest BCUT2D eigenvalue weighted by atomic mass is 79.9. The summed E-state index contributed by atoms with van der Waals surface area (Å²) in [6, 6.07) is 5.66. The van der Waals surface area contributed by atoms with Gasteiger partial charge in [0, 0.05) is 21.9 Å². The molecule has 0 saturated carbocycles. The van der Waals surface area contributed by atoms with Gasteiger partial charge >= 0.3 is 0 Å². The molecule has 18 heavy (non-hydrogen) atoms. The van der Waals surface area contributed by atoms with Crippen LogP contribution in [0.3, 0.4) is 0 Å². The molecule has 0 aliphatic heterocycles. The van der Waals surface area contributed by atoms with Gasteiger partial charge in [-0.25, -0.2) is 4.98 Å². The van der Waals surface area contributed by atoms with Crippen molar-refractivity contribution in [3.63, 3.8) is 0 Å². The Bertz CT molecular complexity index is 689. The monoisotopic (exact) mass is 324 g/mol. The first-order valence-corrected chi connectivity index (χ1v) is 6.66. The number of hydrogen-bond acceptors (Lipinski definition) is 2. The molecule has 6 heteroatoms. The second-order valence-electron chi connectivity index (χ2n) is 4.07. The summed E-state index contributed by atoms with van der Waals surface area (Å²) in [6.07, 6.45) is 3.67. The van der Waals surface area contributed by atoms with Crippen molar-refractivity contribution >= 4 is 38.6 Å². The molecular weight excluding hydrogens is 316 g/mol. The van der Waals surface area contributed by atoms with Gasteiger partial charge in [-0.15, -0.1) is 0 Å². The smallest absolute Gasteiger partial charge is 0.131 e. The highest BCUT2D eigenvalue weighted by molar-refractivity contribution is 9.10. The van der Waals surface area contributed by atoms with Crippen molar-refractivity contribution in [1.29, 1.82) is 0 Å². The molecule has 0 bridgehead atoms. The van der Waals surface area contributed by atoms with Gasteiger partial charge in [-0.3, -0.25) is 4.68 Å². The molecule has 2 aromatic heterocycles. The number of nitrogens with zero attached hydrogens (tertiary/aromatic N) is 3. The quantitative estimate of drug-likeness (QED) is 0.779. The Morgan fingerprint density at radius 3 is 3.00 bits per heavy atom. The van der Waals surface area contributed by atoms with Crippen LogP contribution in [0.25, 0.3) is 11.0 Å². The molecule has 0 aliphatic carbocycles. The third-order valence-corrected chi connectivity index (χ3v) is 3.66. The predicted octanol–water partition coefficient (Wildman–Crippen LogP) is 3.78. The van der Waals surface area contributed by atoms with E-state index in [0.717, 1.165) is 21.3 Å². The molecule has 1 atom stereocenters. The van der Waals surface area contributed by atoms with E-state index in [4.69, 9.17) is 11.6 Å². The molecule has 3 aromatic rings. The lowest BCUT2D eigenvalue weighted by molar-refractivity contribution is 0.542. The van der Waals surface area contributed by atoms with E-state index in [-0.39, 0.29) is 6.04 Å². The number of H-pyrrole nitrogens is 1. The van der Waals surface area contributed by atoms with Gasteiger partial charge in [0.25, 0.3) is 0 Å². The van der Waals surface area contributed by atoms with Crippen LogP contribution in [0.5, 0.6) is 0 Å². The second kappa shape index (κ2) is 4.40. The summed E-state index contributed by atoms with van der Waals surface area (Å²) in [7, 11) is 0. The zero-order valence-electron chi connectivity index (χ0n) is 9.56. The molecule has 0 spiro atoms. The molecular formula is C12H10BrClN4. The molecule has 0 aliphatic rings. The van der Waals surface area contributed by atoms with E-state index in [9.17, 15) is 0 Å². The van der Waals surface area contributed by atoms with Crippen LogP contribution in [0.15, 0.2) is 35.1 Å². The van der Waals surface area contributed by atoms with Crippen LogP contribution in [0.4, 0.5) is 0 Å². The Balaban J connectivity index is 2.11. The fourth-order valence-corrected chi connectivity index (χ4v) is 2.79. The Morgan fingerprint density at radius 2 is 2.28 bits per heavy atom. The van der Waals surface area contributed by atoms with Crippen molar-refractivity contribution < 1.29 is 0 Å². The Labute approximate surface area is 117 Å². The topological polar surface area (TPSA) is 46.5 Å². The molecule has 1 unspecified atom stereocenters. The first-order valence-electron chi connectivity index (χ1n) is 5.49. The molecule has 1 N–H and O–H groups in total. The normalized spacial score (nSPS) is 13.1.